The van der Waals surface area contributed by atoms with Crippen LogP contribution in [0.15, 0.2) is 0 Å². The van der Waals surface area contributed by atoms with Crippen LogP contribution in [0, 0.1) is 19.8 Å². The molecule has 106 valence electrons. The van der Waals surface area contributed by atoms with E-state index in [-0.39, 0.29) is 18.6 Å². The van der Waals surface area contributed by atoms with Crippen LogP contribution in [0.3, 0.4) is 0 Å². The minimum atomic E-state index is -0.0336. The Labute approximate surface area is 114 Å². The summed E-state index contributed by atoms with van der Waals surface area (Å²) < 4.78 is 0. The van der Waals surface area contributed by atoms with Gasteiger partial charge in [0.2, 0.25) is 5.91 Å². The molecule has 2 rings (SSSR count). The summed E-state index contributed by atoms with van der Waals surface area (Å²) in [5.41, 5.74) is 2.83. The van der Waals surface area contributed by atoms with Crippen molar-refractivity contribution < 1.29 is 9.90 Å². The van der Waals surface area contributed by atoms with E-state index in [1.807, 2.05) is 18.7 Å². The van der Waals surface area contributed by atoms with Crippen molar-refractivity contribution in [3.8, 4) is 0 Å². The van der Waals surface area contributed by atoms with Crippen molar-refractivity contribution in [2.24, 2.45) is 5.92 Å². The molecule has 0 aliphatic carbocycles. The van der Waals surface area contributed by atoms with Crippen molar-refractivity contribution in [3.05, 3.63) is 17.0 Å². The lowest BCUT2D eigenvalue weighted by Gasteiger charge is -2.39. The Bertz CT molecular complexity index is 436. The molecule has 5 nitrogen and oxygen atoms in total. The summed E-state index contributed by atoms with van der Waals surface area (Å²) >= 11 is 0. The van der Waals surface area contributed by atoms with E-state index in [1.54, 1.807) is 0 Å². The van der Waals surface area contributed by atoms with Gasteiger partial charge in [0.25, 0.3) is 0 Å². The number of nitrogens with one attached hydrogen (secondary N) is 1. The number of aromatic amines is 1. The number of H-pyrrole nitrogens is 1. The molecule has 1 aliphatic heterocycles. The van der Waals surface area contributed by atoms with Crippen LogP contribution >= 0.6 is 0 Å². The fourth-order valence-corrected chi connectivity index (χ4v) is 2.92. The van der Waals surface area contributed by atoms with Gasteiger partial charge in [0, 0.05) is 17.8 Å². The Morgan fingerprint density at radius 2 is 2.26 bits per heavy atom. The number of carbonyl (C=O) groups excluding carboxylic acids is 1. The third-order valence-electron chi connectivity index (χ3n) is 4.23. The lowest BCUT2D eigenvalue weighted by molar-refractivity contribution is -0.136. The van der Waals surface area contributed by atoms with Gasteiger partial charge in [-0.3, -0.25) is 9.89 Å². The molecule has 0 unspecified atom stereocenters. The van der Waals surface area contributed by atoms with Gasteiger partial charge in [-0.25, -0.2) is 0 Å². The molecule has 0 radical (unpaired) electrons. The van der Waals surface area contributed by atoms with Crippen LogP contribution in [-0.2, 0) is 11.2 Å². The van der Waals surface area contributed by atoms with E-state index in [2.05, 4.69) is 17.1 Å². The molecule has 5 heteroatoms. The van der Waals surface area contributed by atoms with Gasteiger partial charge in [0.15, 0.2) is 0 Å². The molecule has 0 spiro atoms. The highest BCUT2D eigenvalue weighted by Gasteiger charge is 2.31. The number of aliphatic hydroxyl groups is 1. The minimum absolute atomic E-state index is 0.0336. The number of rotatable bonds is 3. The van der Waals surface area contributed by atoms with Crippen molar-refractivity contribution in [2.45, 2.75) is 46.1 Å². The van der Waals surface area contributed by atoms with Gasteiger partial charge in [0.1, 0.15) is 0 Å². The topological polar surface area (TPSA) is 69.2 Å². The summed E-state index contributed by atoms with van der Waals surface area (Å²) in [4.78, 5) is 14.3. The maximum absolute atomic E-state index is 12.5. The van der Waals surface area contributed by atoms with E-state index < -0.39 is 0 Å². The summed E-state index contributed by atoms with van der Waals surface area (Å²) in [6.07, 6.45) is 2.48. The summed E-state index contributed by atoms with van der Waals surface area (Å²) in [6, 6.07) is -0.0336. The number of hydrogen-bond donors (Lipinski definition) is 2. The lowest BCUT2D eigenvalue weighted by atomic mass is 9.90. The number of amides is 1. The first kappa shape index (κ1) is 14.1. The Hall–Kier alpha value is -1.36. The molecule has 2 atom stereocenters. The standard InChI is InChI=1S/C14H23N3O2/c1-9-5-4-6-17(13(9)8-18)14(19)7-12-10(2)15-16-11(12)3/h9,13,18H,4-8H2,1-3H3,(H,15,16)/t9-,13-/m1/s1. The Morgan fingerprint density at radius 3 is 2.84 bits per heavy atom. The van der Waals surface area contributed by atoms with E-state index in [0.29, 0.717) is 12.3 Å². The largest absolute Gasteiger partial charge is 0.394 e. The summed E-state index contributed by atoms with van der Waals surface area (Å²) in [5.74, 6) is 0.465. The molecule has 1 aliphatic rings. The predicted molar refractivity (Wildman–Crippen MR) is 72.8 cm³/mol. The highest BCUT2D eigenvalue weighted by Crippen LogP contribution is 2.24. The van der Waals surface area contributed by atoms with Crippen LogP contribution in [0.4, 0.5) is 0 Å². The third kappa shape index (κ3) is 2.81. The molecule has 1 amide bonds. The Kier molecular flexibility index (Phi) is 4.24. The molecule has 19 heavy (non-hydrogen) atoms. The average molecular weight is 265 g/mol. The number of carbonyl (C=O) groups is 1. The fourth-order valence-electron chi connectivity index (χ4n) is 2.92. The molecule has 1 saturated heterocycles. The average Bonchev–Trinajstić information content (AvgIpc) is 2.70. The van der Waals surface area contributed by atoms with Gasteiger partial charge in [-0.1, -0.05) is 6.92 Å². The molecular weight excluding hydrogens is 242 g/mol. The number of aliphatic hydroxyl groups excluding tert-OH is 1. The van der Waals surface area contributed by atoms with Crippen LogP contribution in [0.2, 0.25) is 0 Å². The maximum Gasteiger partial charge on any atom is 0.227 e. The van der Waals surface area contributed by atoms with Crippen molar-refractivity contribution in [1.29, 1.82) is 0 Å². The predicted octanol–water partition coefficient (Wildman–Crippen LogP) is 1.19. The molecule has 1 aromatic rings. The lowest BCUT2D eigenvalue weighted by Crippen LogP contribution is -2.50. The zero-order valence-electron chi connectivity index (χ0n) is 11.9. The van der Waals surface area contributed by atoms with Crippen molar-refractivity contribution in [1.82, 2.24) is 15.1 Å². The van der Waals surface area contributed by atoms with Crippen LogP contribution in [0.25, 0.3) is 0 Å². The Balaban J connectivity index is 2.10. The second kappa shape index (κ2) is 5.74. The van der Waals surface area contributed by atoms with E-state index in [1.165, 1.54) is 0 Å². The smallest absolute Gasteiger partial charge is 0.227 e. The molecule has 0 saturated carbocycles. The minimum Gasteiger partial charge on any atom is -0.394 e. The molecule has 0 bridgehead atoms. The summed E-state index contributed by atoms with van der Waals surface area (Å²) in [5, 5.41) is 16.5. The highest BCUT2D eigenvalue weighted by molar-refractivity contribution is 5.79. The normalized spacial score (nSPS) is 23.7. The molecule has 1 fully saturated rings. The zero-order valence-corrected chi connectivity index (χ0v) is 11.9. The van der Waals surface area contributed by atoms with E-state index >= 15 is 0 Å². The zero-order chi connectivity index (χ0) is 14.0. The number of aromatic nitrogens is 2. The first-order chi connectivity index (χ1) is 9.04. The number of hydrogen-bond acceptors (Lipinski definition) is 3. The Morgan fingerprint density at radius 1 is 1.53 bits per heavy atom. The first-order valence-electron chi connectivity index (χ1n) is 6.95. The van der Waals surface area contributed by atoms with Gasteiger partial charge in [-0.2, -0.15) is 5.10 Å². The highest BCUT2D eigenvalue weighted by atomic mass is 16.3. The maximum atomic E-state index is 12.5. The molecule has 2 N–H and O–H groups in total. The van der Waals surface area contributed by atoms with E-state index in [0.717, 1.165) is 36.3 Å². The third-order valence-corrected chi connectivity index (χ3v) is 4.23. The van der Waals surface area contributed by atoms with Crippen molar-refractivity contribution in [2.75, 3.05) is 13.2 Å². The van der Waals surface area contributed by atoms with Crippen LogP contribution < -0.4 is 0 Å². The van der Waals surface area contributed by atoms with Gasteiger partial charge in [-0.15, -0.1) is 0 Å². The molecule has 0 aromatic carbocycles. The molecule has 1 aromatic heterocycles. The van der Waals surface area contributed by atoms with E-state index in [9.17, 15) is 9.90 Å². The fraction of sp³-hybridized carbons (Fsp3) is 0.714. The van der Waals surface area contributed by atoms with Crippen LogP contribution in [0.5, 0.6) is 0 Å². The number of aryl methyl sites for hydroxylation is 2. The quantitative estimate of drug-likeness (QED) is 0.862. The number of piperidine rings is 1. The first-order valence-corrected chi connectivity index (χ1v) is 6.95. The monoisotopic (exact) mass is 265 g/mol. The SMILES string of the molecule is Cc1n[nH]c(C)c1CC(=O)N1CCC[C@@H](C)[C@H]1CO. The van der Waals surface area contributed by atoms with Gasteiger partial charge in [-0.05, 0) is 32.6 Å². The van der Waals surface area contributed by atoms with Crippen molar-refractivity contribution in [3.63, 3.8) is 0 Å². The second-order valence-electron chi connectivity index (χ2n) is 5.55. The number of nitrogens with zero attached hydrogens (tertiary/aromatic N) is 2. The van der Waals surface area contributed by atoms with Gasteiger partial charge >= 0.3 is 0 Å². The molecular formula is C14H23N3O2. The molecule has 2 heterocycles. The van der Waals surface area contributed by atoms with Crippen molar-refractivity contribution >= 4 is 5.91 Å². The summed E-state index contributed by atoms with van der Waals surface area (Å²) in [7, 11) is 0. The van der Waals surface area contributed by atoms with Crippen LogP contribution in [-0.4, -0.2) is 45.3 Å². The summed E-state index contributed by atoms with van der Waals surface area (Å²) in [6.45, 7) is 6.76. The van der Waals surface area contributed by atoms with E-state index in [4.69, 9.17) is 0 Å². The van der Waals surface area contributed by atoms with Gasteiger partial charge in [0.05, 0.1) is 24.8 Å². The van der Waals surface area contributed by atoms with Gasteiger partial charge < -0.3 is 10.0 Å². The van der Waals surface area contributed by atoms with Crippen LogP contribution in [0.1, 0.15) is 36.7 Å². The number of likely N-dealkylation sites (tertiary alicyclic amines) is 1. The second-order valence-corrected chi connectivity index (χ2v) is 5.55.